The van der Waals surface area contributed by atoms with Gasteiger partial charge in [-0.25, -0.2) is 4.79 Å². The Labute approximate surface area is 112 Å². The minimum absolute atomic E-state index is 0.305. The molecule has 0 aliphatic carbocycles. The molecule has 1 aliphatic heterocycles. The lowest BCUT2D eigenvalue weighted by Gasteiger charge is -2.07. The van der Waals surface area contributed by atoms with Gasteiger partial charge in [-0.3, -0.25) is 0 Å². The van der Waals surface area contributed by atoms with Crippen LogP contribution in [0.15, 0.2) is 42.5 Å². The number of fused-ring (bicyclic) bond motifs is 1. The third-order valence-corrected chi connectivity index (χ3v) is 3.44. The van der Waals surface area contributed by atoms with Gasteiger partial charge in [0.1, 0.15) is 0 Å². The van der Waals surface area contributed by atoms with Gasteiger partial charge in [0, 0.05) is 12.2 Å². The maximum absolute atomic E-state index is 11.5. The van der Waals surface area contributed by atoms with Gasteiger partial charge in [-0.05, 0) is 41.3 Å². The Morgan fingerprint density at radius 3 is 2.84 bits per heavy atom. The second-order valence-corrected chi connectivity index (χ2v) is 4.62. The summed E-state index contributed by atoms with van der Waals surface area (Å²) < 4.78 is 4.75. The molecule has 0 aromatic heterocycles. The van der Waals surface area contributed by atoms with Crippen LogP contribution in [0.1, 0.15) is 15.9 Å². The minimum atomic E-state index is -0.305. The highest BCUT2D eigenvalue weighted by molar-refractivity contribution is 5.91. The van der Waals surface area contributed by atoms with Crippen molar-refractivity contribution in [2.24, 2.45) is 0 Å². The highest BCUT2D eigenvalue weighted by atomic mass is 16.5. The van der Waals surface area contributed by atoms with E-state index < -0.39 is 0 Å². The molecule has 0 atom stereocenters. The molecule has 3 heteroatoms. The standard InChI is InChI=1S/C16H15NO2/c1-19-16(18)14-4-2-3-12(9-14)13-6-5-11-7-8-17-15(11)10-13/h2-6,9-10,17H,7-8H2,1H3. The predicted molar refractivity (Wildman–Crippen MR) is 75.4 cm³/mol. The fraction of sp³-hybridized carbons (Fsp3) is 0.188. The van der Waals surface area contributed by atoms with Crippen molar-refractivity contribution in [3.8, 4) is 11.1 Å². The van der Waals surface area contributed by atoms with E-state index in [1.54, 1.807) is 6.07 Å². The second-order valence-electron chi connectivity index (χ2n) is 4.62. The van der Waals surface area contributed by atoms with E-state index in [2.05, 4.69) is 23.5 Å². The average Bonchev–Trinajstić information content (AvgIpc) is 2.94. The molecular formula is C16H15NO2. The molecule has 2 aromatic carbocycles. The van der Waals surface area contributed by atoms with Crippen LogP contribution in [-0.4, -0.2) is 19.6 Å². The fourth-order valence-corrected chi connectivity index (χ4v) is 2.41. The van der Waals surface area contributed by atoms with E-state index in [9.17, 15) is 4.79 Å². The summed E-state index contributed by atoms with van der Waals surface area (Å²) in [4.78, 5) is 11.5. The number of hydrogen-bond donors (Lipinski definition) is 1. The van der Waals surface area contributed by atoms with Crippen LogP contribution in [0.5, 0.6) is 0 Å². The lowest BCUT2D eigenvalue weighted by Crippen LogP contribution is -2.00. The first kappa shape index (κ1) is 11.8. The van der Waals surface area contributed by atoms with Crippen LogP contribution in [0.3, 0.4) is 0 Å². The highest BCUT2D eigenvalue weighted by Crippen LogP contribution is 2.29. The first-order valence-electron chi connectivity index (χ1n) is 6.33. The molecule has 0 unspecified atom stereocenters. The fourth-order valence-electron chi connectivity index (χ4n) is 2.41. The van der Waals surface area contributed by atoms with E-state index in [4.69, 9.17) is 4.74 Å². The number of carbonyl (C=O) groups excluding carboxylic acids is 1. The van der Waals surface area contributed by atoms with Crippen LogP contribution in [-0.2, 0) is 11.2 Å². The minimum Gasteiger partial charge on any atom is -0.465 e. The number of anilines is 1. The zero-order chi connectivity index (χ0) is 13.2. The van der Waals surface area contributed by atoms with E-state index >= 15 is 0 Å². The van der Waals surface area contributed by atoms with Gasteiger partial charge in [0.05, 0.1) is 12.7 Å². The molecule has 96 valence electrons. The van der Waals surface area contributed by atoms with Crippen molar-refractivity contribution < 1.29 is 9.53 Å². The summed E-state index contributed by atoms with van der Waals surface area (Å²) in [6.07, 6.45) is 1.08. The van der Waals surface area contributed by atoms with Gasteiger partial charge >= 0.3 is 5.97 Å². The lowest BCUT2D eigenvalue weighted by atomic mass is 10.0. The topological polar surface area (TPSA) is 38.3 Å². The van der Waals surface area contributed by atoms with Crippen LogP contribution in [0.2, 0.25) is 0 Å². The van der Waals surface area contributed by atoms with Gasteiger partial charge in [-0.1, -0.05) is 24.3 Å². The molecule has 3 rings (SSSR count). The van der Waals surface area contributed by atoms with Gasteiger partial charge in [-0.15, -0.1) is 0 Å². The Hall–Kier alpha value is -2.29. The van der Waals surface area contributed by atoms with E-state index in [1.807, 2.05) is 18.2 Å². The number of benzene rings is 2. The van der Waals surface area contributed by atoms with Gasteiger partial charge in [0.25, 0.3) is 0 Å². The average molecular weight is 253 g/mol. The molecule has 3 nitrogen and oxygen atoms in total. The molecular weight excluding hydrogens is 238 g/mol. The SMILES string of the molecule is COC(=O)c1cccc(-c2ccc3c(c2)NCC3)c1. The Morgan fingerprint density at radius 1 is 1.16 bits per heavy atom. The van der Waals surface area contributed by atoms with Gasteiger partial charge in [0.2, 0.25) is 0 Å². The number of nitrogens with one attached hydrogen (secondary N) is 1. The summed E-state index contributed by atoms with van der Waals surface area (Å²) in [5, 5.41) is 3.37. The van der Waals surface area contributed by atoms with E-state index in [1.165, 1.54) is 18.4 Å². The molecule has 0 radical (unpaired) electrons. The third-order valence-electron chi connectivity index (χ3n) is 3.44. The first-order valence-corrected chi connectivity index (χ1v) is 6.33. The van der Waals surface area contributed by atoms with Crippen LogP contribution >= 0.6 is 0 Å². The second kappa shape index (κ2) is 4.76. The van der Waals surface area contributed by atoms with Crippen LogP contribution in [0.25, 0.3) is 11.1 Å². The van der Waals surface area contributed by atoms with E-state index in [0.717, 1.165) is 24.1 Å². The number of hydrogen-bond acceptors (Lipinski definition) is 3. The summed E-state index contributed by atoms with van der Waals surface area (Å²) in [5.74, 6) is -0.305. The van der Waals surface area contributed by atoms with Crippen molar-refractivity contribution in [1.29, 1.82) is 0 Å². The normalized spacial score (nSPS) is 12.7. The maximum atomic E-state index is 11.5. The Kier molecular flexibility index (Phi) is 2.95. The maximum Gasteiger partial charge on any atom is 0.337 e. The quantitative estimate of drug-likeness (QED) is 0.836. The zero-order valence-electron chi connectivity index (χ0n) is 10.8. The lowest BCUT2D eigenvalue weighted by molar-refractivity contribution is 0.0601. The largest absolute Gasteiger partial charge is 0.465 e. The molecule has 0 saturated heterocycles. The zero-order valence-corrected chi connectivity index (χ0v) is 10.8. The van der Waals surface area contributed by atoms with Crippen LogP contribution in [0.4, 0.5) is 5.69 Å². The Balaban J connectivity index is 2.00. The van der Waals surface area contributed by atoms with Crippen LogP contribution in [0, 0.1) is 0 Å². The third kappa shape index (κ3) is 2.19. The van der Waals surface area contributed by atoms with Crippen molar-refractivity contribution in [2.45, 2.75) is 6.42 Å². The number of ether oxygens (including phenoxy) is 1. The smallest absolute Gasteiger partial charge is 0.337 e. The molecule has 2 aromatic rings. The number of rotatable bonds is 2. The molecule has 0 fully saturated rings. The monoisotopic (exact) mass is 253 g/mol. The molecule has 0 spiro atoms. The van der Waals surface area contributed by atoms with Crippen molar-refractivity contribution in [3.63, 3.8) is 0 Å². The summed E-state index contributed by atoms with van der Waals surface area (Å²) >= 11 is 0. The molecule has 0 amide bonds. The summed E-state index contributed by atoms with van der Waals surface area (Å²) in [6.45, 7) is 1.00. The van der Waals surface area contributed by atoms with Gasteiger partial charge < -0.3 is 10.1 Å². The molecule has 0 saturated carbocycles. The molecule has 0 bridgehead atoms. The van der Waals surface area contributed by atoms with Crippen molar-refractivity contribution >= 4 is 11.7 Å². The molecule has 1 N–H and O–H groups in total. The van der Waals surface area contributed by atoms with Gasteiger partial charge in [-0.2, -0.15) is 0 Å². The van der Waals surface area contributed by atoms with Gasteiger partial charge in [0.15, 0.2) is 0 Å². The molecule has 1 aliphatic rings. The summed E-state index contributed by atoms with van der Waals surface area (Å²) in [5.41, 5.74) is 5.26. The Bertz CT molecular complexity index is 634. The number of esters is 1. The molecule has 19 heavy (non-hydrogen) atoms. The summed E-state index contributed by atoms with van der Waals surface area (Å²) in [7, 11) is 1.40. The van der Waals surface area contributed by atoms with Crippen molar-refractivity contribution in [3.05, 3.63) is 53.6 Å². The summed E-state index contributed by atoms with van der Waals surface area (Å²) in [6, 6.07) is 13.9. The number of methoxy groups -OCH3 is 1. The Morgan fingerprint density at radius 2 is 2.00 bits per heavy atom. The first-order chi connectivity index (χ1) is 9.28. The number of carbonyl (C=O) groups is 1. The van der Waals surface area contributed by atoms with E-state index in [0.29, 0.717) is 5.56 Å². The van der Waals surface area contributed by atoms with E-state index in [-0.39, 0.29) is 5.97 Å². The van der Waals surface area contributed by atoms with Crippen molar-refractivity contribution in [1.82, 2.24) is 0 Å². The molecule has 1 heterocycles. The van der Waals surface area contributed by atoms with Crippen molar-refractivity contribution in [2.75, 3.05) is 19.0 Å². The highest BCUT2D eigenvalue weighted by Gasteiger charge is 2.12. The predicted octanol–water partition coefficient (Wildman–Crippen LogP) is 3.11. The van der Waals surface area contributed by atoms with Crippen LogP contribution < -0.4 is 5.32 Å².